The largest absolute Gasteiger partial charge is 0.334 e. The fourth-order valence-corrected chi connectivity index (χ4v) is 1.78. The SMILES string of the molecule is CC.CCc1c(C)cccc1-c1nc(C)no1. The van der Waals surface area contributed by atoms with Crippen molar-refractivity contribution in [2.45, 2.75) is 41.0 Å². The van der Waals surface area contributed by atoms with Gasteiger partial charge in [0.15, 0.2) is 5.82 Å². The molecule has 17 heavy (non-hydrogen) atoms. The summed E-state index contributed by atoms with van der Waals surface area (Å²) in [6.45, 7) is 10.1. The maximum atomic E-state index is 5.19. The Morgan fingerprint density at radius 1 is 1.18 bits per heavy atom. The van der Waals surface area contributed by atoms with E-state index in [9.17, 15) is 0 Å². The van der Waals surface area contributed by atoms with E-state index < -0.39 is 0 Å². The first-order valence-corrected chi connectivity index (χ1v) is 6.11. The summed E-state index contributed by atoms with van der Waals surface area (Å²) < 4.78 is 5.19. The fraction of sp³-hybridized carbons (Fsp3) is 0.429. The van der Waals surface area contributed by atoms with Gasteiger partial charge in [-0.25, -0.2) is 0 Å². The van der Waals surface area contributed by atoms with Gasteiger partial charge in [0.2, 0.25) is 0 Å². The van der Waals surface area contributed by atoms with Crippen LogP contribution in [0, 0.1) is 13.8 Å². The van der Waals surface area contributed by atoms with Crippen molar-refractivity contribution in [3.63, 3.8) is 0 Å². The van der Waals surface area contributed by atoms with Crippen LogP contribution in [0.1, 0.15) is 37.7 Å². The molecule has 2 aromatic rings. The minimum Gasteiger partial charge on any atom is -0.334 e. The van der Waals surface area contributed by atoms with E-state index in [4.69, 9.17) is 4.52 Å². The molecule has 0 radical (unpaired) electrons. The third kappa shape index (κ3) is 2.93. The van der Waals surface area contributed by atoms with Crippen molar-refractivity contribution in [2.24, 2.45) is 0 Å². The molecule has 3 nitrogen and oxygen atoms in total. The van der Waals surface area contributed by atoms with Gasteiger partial charge in [0.1, 0.15) is 0 Å². The topological polar surface area (TPSA) is 38.9 Å². The molecule has 0 aliphatic carbocycles. The third-order valence-electron chi connectivity index (χ3n) is 2.52. The lowest BCUT2D eigenvalue weighted by Crippen LogP contribution is -1.91. The molecule has 0 bridgehead atoms. The van der Waals surface area contributed by atoms with Crippen LogP contribution >= 0.6 is 0 Å². The molecule has 92 valence electrons. The predicted molar refractivity (Wildman–Crippen MR) is 69.9 cm³/mol. The Kier molecular flexibility index (Phi) is 4.88. The lowest BCUT2D eigenvalue weighted by atomic mass is 10.00. The van der Waals surface area contributed by atoms with Crippen LogP contribution in [0.3, 0.4) is 0 Å². The van der Waals surface area contributed by atoms with E-state index in [1.807, 2.05) is 32.9 Å². The molecule has 0 amide bonds. The van der Waals surface area contributed by atoms with Crippen molar-refractivity contribution in [1.82, 2.24) is 10.1 Å². The molecule has 1 aromatic heterocycles. The Balaban J connectivity index is 0.000000686. The van der Waals surface area contributed by atoms with Gasteiger partial charge in [0, 0.05) is 5.56 Å². The van der Waals surface area contributed by atoms with E-state index in [0.29, 0.717) is 11.7 Å². The summed E-state index contributed by atoms with van der Waals surface area (Å²) in [5.74, 6) is 1.29. The van der Waals surface area contributed by atoms with E-state index >= 15 is 0 Å². The molecule has 0 N–H and O–H groups in total. The van der Waals surface area contributed by atoms with E-state index in [1.165, 1.54) is 11.1 Å². The number of rotatable bonds is 2. The molecule has 0 aliphatic heterocycles. The molecule has 1 heterocycles. The molecule has 3 heteroatoms. The van der Waals surface area contributed by atoms with Crippen molar-refractivity contribution in [2.75, 3.05) is 0 Å². The number of nitrogens with zero attached hydrogens (tertiary/aromatic N) is 2. The van der Waals surface area contributed by atoms with Crippen molar-refractivity contribution < 1.29 is 4.52 Å². The maximum absolute atomic E-state index is 5.19. The highest BCUT2D eigenvalue weighted by Crippen LogP contribution is 2.24. The van der Waals surface area contributed by atoms with E-state index in [0.717, 1.165) is 12.0 Å². The summed E-state index contributed by atoms with van der Waals surface area (Å²) >= 11 is 0. The first kappa shape index (κ1) is 13.4. The number of hydrogen-bond acceptors (Lipinski definition) is 3. The van der Waals surface area contributed by atoms with Crippen LogP contribution in [0.5, 0.6) is 0 Å². The Bertz CT molecular complexity index is 475. The predicted octanol–water partition coefficient (Wildman–Crippen LogP) is 3.94. The molecule has 0 saturated carbocycles. The average molecular weight is 232 g/mol. The average Bonchev–Trinajstić information content (AvgIpc) is 2.78. The van der Waals surface area contributed by atoms with Crippen LogP contribution in [0.2, 0.25) is 0 Å². The summed E-state index contributed by atoms with van der Waals surface area (Å²) in [4.78, 5) is 4.25. The van der Waals surface area contributed by atoms with Crippen LogP contribution in [-0.4, -0.2) is 10.1 Å². The lowest BCUT2D eigenvalue weighted by Gasteiger charge is -2.06. The molecule has 0 atom stereocenters. The second kappa shape index (κ2) is 6.18. The molecular weight excluding hydrogens is 212 g/mol. The van der Waals surface area contributed by atoms with Crippen molar-refractivity contribution in [3.8, 4) is 11.5 Å². The quantitative estimate of drug-likeness (QED) is 0.787. The Labute approximate surface area is 103 Å². The van der Waals surface area contributed by atoms with E-state index in [1.54, 1.807) is 0 Å². The Morgan fingerprint density at radius 3 is 2.41 bits per heavy atom. The van der Waals surface area contributed by atoms with Crippen molar-refractivity contribution in [3.05, 3.63) is 35.2 Å². The standard InChI is InChI=1S/C12H14N2O.C2H6/c1-4-10-8(2)6-5-7-11(10)12-13-9(3)14-15-12;1-2/h5-7H,4H2,1-3H3;1-2H3. The molecule has 0 fully saturated rings. The summed E-state index contributed by atoms with van der Waals surface area (Å²) in [5, 5.41) is 3.81. The zero-order chi connectivity index (χ0) is 12.8. The van der Waals surface area contributed by atoms with Gasteiger partial charge in [-0.2, -0.15) is 4.98 Å². The monoisotopic (exact) mass is 232 g/mol. The molecule has 0 spiro atoms. The van der Waals surface area contributed by atoms with Gasteiger partial charge in [-0.05, 0) is 37.5 Å². The summed E-state index contributed by atoms with van der Waals surface area (Å²) in [6, 6.07) is 6.15. The molecule has 0 saturated heterocycles. The smallest absolute Gasteiger partial charge is 0.258 e. The second-order valence-corrected chi connectivity index (χ2v) is 3.60. The first-order valence-electron chi connectivity index (χ1n) is 6.11. The van der Waals surface area contributed by atoms with Crippen molar-refractivity contribution in [1.29, 1.82) is 0 Å². The van der Waals surface area contributed by atoms with Crippen LogP contribution in [0.25, 0.3) is 11.5 Å². The van der Waals surface area contributed by atoms with Crippen LogP contribution < -0.4 is 0 Å². The molecule has 0 unspecified atom stereocenters. The number of hydrogen-bond donors (Lipinski definition) is 0. The van der Waals surface area contributed by atoms with Gasteiger partial charge in [-0.3, -0.25) is 0 Å². The number of benzene rings is 1. The molecule has 2 rings (SSSR count). The van der Waals surface area contributed by atoms with Crippen LogP contribution in [0.15, 0.2) is 22.7 Å². The number of aromatic nitrogens is 2. The zero-order valence-electron chi connectivity index (χ0n) is 11.2. The van der Waals surface area contributed by atoms with Gasteiger partial charge in [0.05, 0.1) is 0 Å². The van der Waals surface area contributed by atoms with E-state index in [-0.39, 0.29) is 0 Å². The minimum absolute atomic E-state index is 0.619. The van der Waals surface area contributed by atoms with Gasteiger partial charge in [-0.1, -0.05) is 38.1 Å². The maximum Gasteiger partial charge on any atom is 0.258 e. The second-order valence-electron chi connectivity index (χ2n) is 3.60. The summed E-state index contributed by atoms with van der Waals surface area (Å²) in [7, 11) is 0. The molecular formula is C14H20N2O. The highest BCUT2D eigenvalue weighted by molar-refractivity contribution is 5.60. The zero-order valence-corrected chi connectivity index (χ0v) is 11.2. The van der Waals surface area contributed by atoms with Crippen molar-refractivity contribution >= 4 is 0 Å². The minimum atomic E-state index is 0.619. The number of aryl methyl sites for hydroxylation is 2. The van der Waals surface area contributed by atoms with Crippen LogP contribution in [0.4, 0.5) is 0 Å². The highest BCUT2D eigenvalue weighted by Gasteiger charge is 2.11. The fourth-order valence-electron chi connectivity index (χ4n) is 1.78. The third-order valence-corrected chi connectivity index (χ3v) is 2.52. The summed E-state index contributed by atoms with van der Waals surface area (Å²) in [5.41, 5.74) is 3.60. The van der Waals surface area contributed by atoms with E-state index in [2.05, 4.69) is 30.1 Å². The first-order chi connectivity index (χ1) is 8.22. The highest BCUT2D eigenvalue weighted by atomic mass is 16.5. The van der Waals surface area contributed by atoms with Crippen LogP contribution in [-0.2, 0) is 6.42 Å². The summed E-state index contributed by atoms with van der Waals surface area (Å²) in [6.07, 6.45) is 0.976. The van der Waals surface area contributed by atoms with Gasteiger partial charge >= 0.3 is 0 Å². The molecule has 0 aliphatic rings. The normalized spacial score (nSPS) is 9.71. The molecule has 1 aromatic carbocycles. The Morgan fingerprint density at radius 2 is 1.88 bits per heavy atom. The lowest BCUT2D eigenvalue weighted by molar-refractivity contribution is 0.425. The van der Waals surface area contributed by atoms with Gasteiger partial charge in [0.25, 0.3) is 5.89 Å². The Hall–Kier alpha value is -1.64. The van der Waals surface area contributed by atoms with Gasteiger partial charge < -0.3 is 4.52 Å². The van der Waals surface area contributed by atoms with Gasteiger partial charge in [-0.15, -0.1) is 0 Å².